The van der Waals surface area contributed by atoms with Gasteiger partial charge in [0.1, 0.15) is 0 Å². The van der Waals surface area contributed by atoms with Gasteiger partial charge in [0, 0.05) is 11.8 Å². The first-order valence-corrected chi connectivity index (χ1v) is 8.56. The second-order valence-corrected chi connectivity index (χ2v) is 6.19. The molecule has 2 N–H and O–H groups in total. The van der Waals surface area contributed by atoms with Gasteiger partial charge < -0.3 is 10.4 Å². The molecule has 0 bridgehead atoms. The van der Waals surface area contributed by atoms with Gasteiger partial charge in [-0.3, -0.25) is 14.8 Å². The molecule has 0 saturated heterocycles. The Morgan fingerprint density at radius 1 is 0.750 bits per heavy atom. The smallest absolute Gasteiger partial charge is 0.337 e. The van der Waals surface area contributed by atoms with Crippen molar-refractivity contribution in [1.29, 1.82) is 0 Å². The van der Waals surface area contributed by atoms with Crippen molar-refractivity contribution in [3.05, 3.63) is 90.3 Å². The first-order valence-electron chi connectivity index (χ1n) is 8.56. The van der Waals surface area contributed by atoms with E-state index in [-0.39, 0.29) is 11.5 Å². The van der Waals surface area contributed by atoms with E-state index in [1.165, 1.54) is 12.3 Å². The van der Waals surface area contributed by atoms with E-state index in [1.54, 1.807) is 30.5 Å². The Hall–Kier alpha value is -4.06. The van der Waals surface area contributed by atoms with Crippen molar-refractivity contribution in [3.63, 3.8) is 0 Å². The van der Waals surface area contributed by atoms with E-state index in [9.17, 15) is 9.59 Å². The molecule has 0 atom stereocenters. The molecule has 2 aromatic carbocycles. The van der Waals surface area contributed by atoms with Gasteiger partial charge in [-0.1, -0.05) is 30.3 Å². The molecule has 0 radical (unpaired) electrons. The molecule has 6 heteroatoms. The van der Waals surface area contributed by atoms with E-state index in [0.717, 1.165) is 10.8 Å². The SMILES string of the molecule is O=C(O)c1ccc(-c2ccc(NC(=O)c3ccc4ccccc4c3)cn2)nc1. The third kappa shape index (κ3) is 3.57. The minimum atomic E-state index is -1.03. The molecular formula is C22H15N3O3. The first kappa shape index (κ1) is 17.4. The second-order valence-electron chi connectivity index (χ2n) is 6.19. The van der Waals surface area contributed by atoms with Crippen LogP contribution in [0.2, 0.25) is 0 Å². The quantitative estimate of drug-likeness (QED) is 0.561. The van der Waals surface area contributed by atoms with Crippen molar-refractivity contribution >= 4 is 28.3 Å². The number of amides is 1. The number of anilines is 1. The summed E-state index contributed by atoms with van der Waals surface area (Å²) in [5, 5.41) is 13.8. The summed E-state index contributed by atoms with van der Waals surface area (Å²) in [6.07, 6.45) is 2.83. The van der Waals surface area contributed by atoms with Crippen molar-refractivity contribution in [2.24, 2.45) is 0 Å². The highest BCUT2D eigenvalue weighted by Crippen LogP contribution is 2.19. The zero-order valence-electron chi connectivity index (χ0n) is 14.7. The van der Waals surface area contributed by atoms with Crippen LogP contribution in [0.5, 0.6) is 0 Å². The number of pyridine rings is 2. The van der Waals surface area contributed by atoms with Crippen LogP contribution in [0, 0.1) is 0 Å². The van der Waals surface area contributed by atoms with Crippen molar-refractivity contribution < 1.29 is 14.7 Å². The number of aromatic carboxylic acids is 1. The molecule has 28 heavy (non-hydrogen) atoms. The average molecular weight is 369 g/mol. The van der Waals surface area contributed by atoms with Crippen LogP contribution < -0.4 is 5.32 Å². The second kappa shape index (κ2) is 7.28. The molecule has 136 valence electrons. The Morgan fingerprint density at radius 3 is 2.07 bits per heavy atom. The fraction of sp³-hybridized carbons (Fsp3) is 0. The number of hydrogen-bond donors (Lipinski definition) is 2. The Morgan fingerprint density at radius 2 is 1.43 bits per heavy atom. The average Bonchev–Trinajstić information content (AvgIpc) is 2.74. The summed E-state index contributed by atoms with van der Waals surface area (Å²) < 4.78 is 0. The lowest BCUT2D eigenvalue weighted by atomic mass is 10.1. The summed E-state index contributed by atoms with van der Waals surface area (Å²) in [5.74, 6) is -1.25. The number of nitrogens with one attached hydrogen (secondary N) is 1. The molecule has 0 aliphatic heterocycles. The predicted molar refractivity (Wildman–Crippen MR) is 106 cm³/mol. The van der Waals surface area contributed by atoms with Gasteiger partial charge >= 0.3 is 5.97 Å². The molecule has 0 aliphatic rings. The van der Waals surface area contributed by atoms with Gasteiger partial charge in [0.25, 0.3) is 5.91 Å². The monoisotopic (exact) mass is 369 g/mol. The minimum absolute atomic E-state index is 0.114. The van der Waals surface area contributed by atoms with Crippen LogP contribution in [0.15, 0.2) is 79.1 Å². The minimum Gasteiger partial charge on any atom is -0.478 e. The standard InChI is InChI=1S/C22H15N3O3/c26-21(16-6-5-14-3-1-2-4-15(14)11-16)25-18-8-10-20(24-13-18)19-9-7-17(12-23-19)22(27)28/h1-13H,(H,25,26)(H,27,28). The number of carbonyl (C=O) groups excluding carboxylic acids is 1. The Kier molecular flexibility index (Phi) is 4.51. The zero-order chi connectivity index (χ0) is 19.5. The molecule has 2 heterocycles. The lowest BCUT2D eigenvalue weighted by Gasteiger charge is -2.07. The van der Waals surface area contributed by atoms with E-state index in [4.69, 9.17) is 5.11 Å². The van der Waals surface area contributed by atoms with Crippen LogP contribution in [0.1, 0.15) is 20.7 Å². The number of carbonyl (C=O) groups is 2. The third-order valence-electron chi connectivity index (χ3n) is 4.31. The summed E-state index contributed by atoms with van der Waals surface area (Å²) in [7, 11) is 0. The van der Waals surface area contributed by atoms with Gasteiger partial charge in [-0.2, -0.15) is 0 Å². The molecule has 0 fully saturated rings. The van der Waals surface area contributed by atoms with E-state index in [1.807, 2.05) is 36.4 Å². The molecule has 0 spiro atoms. The topological polar surface area (TPSA) is 92.2 Å². The summed E-state index contributed by atoms with van der Waals surface area (Å²) in [4.78, 5) is 31.8. The molecule has 4 rings (SSSR count). The highest BCUT2D eigenvalue weighted by Gasteiger charge is 2.09. The van der Waals surface area contributed by atoms with Gasteiger partial charge in [0.2, 0.25) is 0 Å². The zero-order valence-corrected chi connectivity index (χ0v) is 14.7. The van der Waals surface area contributed by atoms with E-state index in [0.29, 0.717) is 22.6 Å². The lowest BCUT2D eigenvalue weighted by molar-refractivity contribution is 0.0696. The summed E-state index contributed by atoms with van der Waals surface area (Å²) in [5.41, 5.74) is 2.37. The molecular weight excluding hydrogens is 354 g/mol. The van der Waals surface area contributed by atoms with Crippen LogP contribution in [0.4, 0.5) is 5.69 Å². The van der Waals surface area contributed by atoms with E-state index in [2.05, 4.69) is 15.3 Å². The van der Waals surface area contributed by atoms with Crippen LogP contribution in [-0.2, 0) is 0 Å². The highest BCUT2D eigenvalue weighted by atomic mass is 16.4. The Balaban J connectivity index is 1.50. The van der Waals surface area contributed by atoms with Crippen LogP contribution in [-0.4, -0.2) is 27.0 Å². The maximum absolute atomic E-state index is 12.5. The number of carboxylic acid groups (broad SMARTS) is 1. The number of hydrogen-bond acceptors (Lipinski definition) is 4. The number of nitrogens with zero attached hydrogens (tertiary/aromatic N) is 2. The fourth-order valence-electron chi connectivity index (χ4n) is 2.83. The first-order chi connectivity index (χ1) is 13.6. The Bertz CT molecular complexity index is 1170. The van der Waals surface area contributed by atoms with Gasteiger partial charge in [0.05, 0.1) is 28.8 Å². The summed E-state index contributed by atoms with van der Waals surface area (Å²) >= 11 is 0. The van der Waals surface area contributed by atoms with Gasteiger partial charge in [-0.25, -0.2) is 4.79 Å². The molecule has 4 aromatic rings. The molecule has 0 unspecified atom stereocenters. The normalized spacial score (nSPS) is 10.6. The van der Waals surface area contributed by atoms with Gasteiger partial charge in [-0.15, -0.1) is 0 Å². The van der Waals surface area contributed by atoms with Crippen LogP contribution >= 0.6 is 0 Å². The molecule has 6 nitrogen and oxygen atoms in total. The van der Waals surface area contributed by atoms with Crippen LogP contribution in [0.3, 0.4) is 0 Å². The lowest BCUT2D eigenvalue weighted by Crippen LogP contribution is -2.12. The molecule has 2 aromatic heterocycles. The van der Waals surface area contributed by atoms with Crippen molar-refractivity contribution in [2.45, 2.75) is 0 Å². The number of fused-ring (bicyclic) bond motifs is 1. The summed E-state index contributed by atoms with van der Waals surface area (Å²) in [6, 6.07) is 19.9. The predicted octanol–water partition coefficient (Wildman–Crippen LogP) is 4.25. The van der Waals surface area contributed by atoms with Crippen LogP contribution in [0.25, 0.3) is 22.2 Å². The summed E-state index contributed by atoms with van der Waals surface area (Å²) in [6.45, 7) is 0. The molecule has 1 amide bonds. The molecule has 0 saturated carbocycles. The van der Waals surface area contributed by atoms with Gasteiger partial charge in [-0.05, 0) is 47.2 Å². The highest BCUT2D eigenvalue weighted by molar-refractivity contribution is 6.06. The largest absolute Gasteiger partial charge is 0.478 e. The van der Waals surface area contributed by atoms with Crippen molar-refractivity contribution in [1.82, 2.24) is 9.97 Å². The number of rotatable bonds is 4. The third-order valence-corrected chi connectivity index (χ3v) is 4.31. The molecule has 0 aliphatic carbocycles. The number of benzene rings is 2. The fourth-order valence-corrected chi connectivity index (χ4v) is 2.83. The number of aromatic nitrogens is 2. The van der Waals surface area contributed by atoms with Crippen molar-refractivity contribution in [2.75, 3.05) is 5.32 Å². The maximum Gasteiger partial charge on any atom is 0.337 e. The van der Waals surface area contributed by atoms with E-state index >= 15 is 0 Å². The van der Waals surface area contributed by atoms with Gasteiger partial charge in [0.15, 0.2) is 0 Å². The number of carboxylic acids is 1. The maximum atomic E-state index is 12.5. The Labute approximate surface area is 160 Å². The van der Waals surface area contributed by atoms with Crippen molar-refractivity contribution in [3.8, 4) is 11.4 Å². The van der Waals surface area contributed by atoms with E-state index < -0.39 is 5.97 Å².